The molecule has 0 unspecified atom stereocenters. The monoisotopic (exact) mass is 433 g/mol. The Balaban J connectivity index is 1.78. The number of ether oxygens (including phenoxy) is 1. The number of amides is 1. The molecule has 3 N–H and O–H groups in total. The third kappa shape index (κ3) is 4.22. The van der Waals surface area contributed by atoms with Crippen LogP contribution in [0.4, 0.5) is 11.6 Å². The van der Waals surface area contributed by atoms with E-state index in [-0.39, 0.29) is 12.5 Å². The summed E-state index contributed by atoms with van der Waals surface area (Å²) in [5, 5.41) is 20.1. The van der Waals surface area contributed by atoms with Crippen molar-refractivity contribution in [3.63, 3.8) is 0 Å². The second kappa shape index (κ2) is 9.23. The summed E-state index contributed by atoms with van der Waals surface area (Å²) in [5.41, 5.74) is 3.86. The molecule has 1 amide bonds. The van der Waals surface area contributed by atoms with Gasteiger partial charge in [-0.1, -0.05) is 30.3 Å². The smallest absolute Gasteiger partial charge is 0.255 e. The van der Waals surface area contributed by atoms with Crippen molar-refractivity contribution in [3.05, 3.63) is 76.8 Å². The van der Waals surface area contributed by atoms with Crippen LogP contribution in [-0.2, 0) is 11.2 Å². The van der Waals surface area contributed by atoms with Gasteiger partial charge in [-0.2, -0.15) is 10.1 Å². The molecule has 3 aromatic rings. The van der Waals surface area contributed by atoms with Crippen LogP contribution in [0.1, 0.15) is 36.3 Å². The molecule has 0 spiro atoms. The number of aliphatic hydroxyl groups excluding tert-OH is 1. The number of aryl methyl sites for hydroxylation is 2. The van der Waals surface area contributed by atoms with Gasteiger partial charge in [0.25, 0.3) is 5.91 Å². The average Bonchev–Trinajstić information content (AvgIpc) is 3.20. The number of aliphatic hydroxyl groups is 1. The van der Waals surface area contributed by atoms with Gasteiger partial charge in [-0.15, -0.1) is 0 Å². The lowest BCUT2D eigenvalue weighted by Crippen LogP contribution is -2.31. The molecule has 0 bridgehead atoms. The largest absolute Gasteiger partial charge is 0.497 e. The number of carbonyl (C=O) groups is 1. The molecule has 0 aliphatic carbocycles. The van der Waals surface area contributed by atoms with Crippen LogP contribution in [0.3, 0.4) is 0 Å². The molecule has 1 aliphatic heterocycles. The second-order valence-corrected chi connectivity index (χ2v) is 7.74. The summed E-state index contributed by atoms with van der Waals surface area (Å²) in [7, 11) is 1.61. The number of aromatic nitrogens is 3. The van der Waals surface area contributed by atoms with Crippen LogP contribution >= 0.6 is 0 Å². The van der Waals surface area contributed by atoms with Crippen molar-refractivity contribution in [2.45, 2.75) is 32.7 Å². The Bertz CT molecular complexity index is 1170. The number of hydrogen-bond donors (Lipinski definition) is 3. The quantitative estimate of drug-likeness (QED) is 0.528. The van der Waals surface area contributed by atoms with Crippen molar-refractivity contribution in [2.24, 2.45) is 0 Å². The minimum absolute atomic E-state index is 0.0674. The minimum Gasteiger partial charge on any atom is -0.497 e. The normalized spacial score (nSPS) is 15.2. The van der Waals surface area contributed by atoms with Gasteiger partial charge in [-0.3, -0.25) is 4.79 Å². The molecule has 32 heavy (non-hydrogen) atoms. The first-order valence-corrected chi connectivity index (χ1v) is 10.6. The van der Waals surface area contributed by atoms with E-state index in [0.29, 0.717) is 41.6 Å². The maximum absolute atomic E-state index is 13.5. The topological polar surface area (TPSA) is 101 Å². The lowest BCUT2D eigenvalue weighted by Gasteiger charge is -2.29. The Kier molecular flexibility index (Phi) is 6.23. The van der Waals surface area contributed by atoms with Gasteiger partial charge >= 0.3 is 0 Å². The van der Waals surface area contributed by atoms with Crippen LogP contribution in [0.2, 0.25) is 0 Å². The summed E-state index contributed by atoms with van der Waals surface area (Å²) >= 11 is 0. The molecule has 2 aromatic carbocycles. The number of nitrogens with one attached hydrogen (secondary N) is 2. The Hall–Kier alpha value is -3.65. The van der Waals surface area contributed by atoms with E-state index in [9.17, 15) is 9.90 Å². The highest BCUT2D eigenvalue weighted by Crippen LogP contribution is 2.37. The molecule has 2 heterocycles. The number of benzene rings is 2. The number of hydrogen-bond acceptors (Lipinski definition) is 6. The third-order valence-electron chi connectivity index (χ3n) is 5.50. The van der Waals surface area contributed by atoms with Crippen LogP contribution in [0.15, 0.2) is 59.8 Å². The summed E-state index contributed by atoms with van der Waals surface area (Å²) in [5.74, 6) is 1.66. The van der Waals surface area contributed by atoms with Gasteiger partial charge in [0, 0.05) is 24.4 Å². The van der Waals surface area contributed by atoms with Crippen LogP contribution < -0.4 is 15.4 Å². The molecule has 0 fully saturated rings. The van der Waals surface area contributed by atoms with Gasteiger partial charge < -0.3 is 20.5 Å². The minimum atomic E-state index is -0.485. The Labute approximate surface area is 186 Å². The molecular weight excluding hydrogens is 406 g/mol. The zero-order valence-corrected chi connectivity index (χ0v) is 18.4. The van der Waals surface area contributed by atoms with E-state index in [0.717, 1.165) is 16.8 Å². The van der Waals surface area contributed by atoms with Gasteiger partial charge in [-0.25, -0.2) is 4.68 Å². The summed E-state index contributed by atoms with van der Waals surface area (Å²) in [6.07, 6.45) is 1.12. The standard InChI is InChI=1S/C24H27N5O3/c1-15-8-4-5-11-19(15)26-23(31)21-16(2)25-24-27-20(12-7-13-30)28-29(24)22(21)17-9-6-10-18(14-17)32-3/h4-6,8-11,14,22,30H,7,12-13H2,1-3H3,(H,26,31)(H,25,27,28)/t22-/m1/s1. The molecule has 0 saturated heterocycles. The molecule has 1 aliphatic rings. The Morgan fingerprint density at radius 2 is 2.03 bits per heavy atom. The zero-order valence-electron chi connectivity index (χ0n) is 18.4. The molecule has 166 valence electrons. The van der Waals surface area contributed by atoms with Crippen molar-refractivity contribution in [2.75, 3.05) is 24.4 Å². The molecule has 0 saturated carbocycles. The molecule has 1 atom stereocenters. The maximum Gasteiger partial charge on any atom is 0.255 e. The number of allylic oxidation sites excluding steroid dienone is 1. The number of methoxy groups -OCH3 is 1. The van der Waals surface area contributed by atoms with Gasteiger partial charge in [-0.05, 0) is 49.6 Å². The molecule has 8 nitrogen and oxygen atoms in total. The number of para-hydroxylation sites is 1. The summed E-state index contributed by atoms with van der Waals surface area (Å²) in [4.78, 5) is 18.1. The molecule has 0 radical (unpaired) electrons. The highest BCUT2D eigenvalue weighted by molar-refractivity contribution is 6.06. The number of rotatable bonds is 7. The highest BCUT2D eigenvalue weighted by Gasteiger charge is 2.34. The lowest BCUT2D eigenvalue weighted by atomic mass is 9.94. The van der Waals surface area contributed by atoms with E-state index in [4.69, 9.17) is 4.74 Å². The van der Waals surface area contributed by atoms with Crippen molar-refractivity contribution >= 4 is 17.5 Å². The van der Waals surface area contributed by atoms with Crippen LogP contribution in [-0.4, -0.2) is 39.5 Å². The van der Waals surface area contributed by atoms with Crippen molar-refractivity contribution in [1.82, 2.24) is 14.8 Å². The number of fused-ring (bicyclic) bond motifs is 1. The summed E-state index contributed by atoms with van der Waals surface area (Å²) in [6, 6.07) is 14.8. The van der Waals surface area contributed by atoms with Gasteiger partial charge in [0.15, 0.2) is 5.82 Å². The molecule has 8 heteroatoms. The van der Waals surface area contributed by atoms with Gasteiger partial charge in [0.2, 0.25) is 5.95 Å². The van der Waals surface area contributed by atoms with E-state index in [1.54, 1.807) is 11.8 Å². The van der Waals surface area contributed by atoms with Crippen LogP contribution in [0.25, 0.3) is 0 Å². The average molecular weight is 434 g/mol. The number of nitrogens with zero attached hydrogens (tertiary/aromatic N) is 3. The van der Waals surface area contributed by atoms with E-state index >= 15 is 0 Å². The van der Waals surface area contributed by atoms with E-state index in [1.807, 2.05) is 62.4 Å². The van der Waals surface area contributed by atoms with E-state index in [1.165, 1.54) is 0 Å². The summed E-state index contributed by atoms with van der Waals surface area (Å²) < 4.78 is 7.16. The second-order valence-electron chi connectivity index (χ2n) is 7.74. The van der Waals surface area contributed by atoms with Gasteiger partial charge in [0.05, 0.1) is 12.7 Å². The number of anilines is 2. The van der Waals surface area contributed by atoms with Crippen molar-refractivity contribution in [3.8, 4) is 5.75 Å². The Morgan fingerprint density at radius 1 is 1.22 bits per heavy atom. The fraction of sp³-hybridized carbons (Fsp3) is 0.292. The molecule has 1 aromatic heterocycles. The predicted octanol–water partition coefficient (Wildman–Crippen LogP) is 3.45. The lowest BCUT2D eigenvalue weighted by molar-refractivity contribution is -0.113. The molecular formula is C24H27N5O3. The first-order chi connectivity index (χ1) is 15.5. The number of carbonyl (C=O) groups excluding carboxylic acids is 1. The third-order valence-corrected chi connectivity index (χ3v) is 5.50. The van der Waals surface area contributed by atoms with E-state index < -0.39 is 6.04 Å². The zero-order chi connectivity index (χ0) is 22.7. The highest BCUT2D eigenvalue weighted by atomic mass is 16.5. The first kappa shape index (κ1) is 21.6. The van der Waals surface area contributed by atoms with Crippen LogP contribution in [0, 0.1) is 6.92 Å². The van der Waals surface area contributed by atoms with Crippen LogP contribution in [0.5, 0.6) is 5.75 Å². The maximum atomic E-state index is 13.5. The van der Waals surface area contributed by atoms with Crippen molar-refractivity contribution in [1.29, 1.82) is 0 Å². The molecule has 4 rings (SSSR count). The van der Waals surface area contributed by atoms with E-state index in [2.05, 4.69) is 20.7 Å². The predicted molar refractivity (Wildman–Crippen MR) is 123 cm³/mol. The van der Waals surface area contributed by atoms with Gasteiger partial charge in [0.1, 0.15) is 11.8 Å². The first-order valence-electron chi connectivity index (χ1n) is 10.6. The fourth-order valence-corrected chi connectivity index (χ4v) is 3.86. The SMILES string of the molecule is COc1cccc([C@@H]2C(C(=O)Nc3ccccc3C)=C(C)Nc3nc(CCCO)nn32)c1. The Morgan fingerprint density at radius 3 is 2.78 bits per heavy atom. The fourth-order valence-electron chi connectivity index (χ4n) is 3.86. The summed E-state index contributed by atoms with van der Waals surface area (Å²) in [6.45, 7) is 3.89. The van der Waals surface area contributed by atoms with Crippen molar-refractivity contribution < 1.29 is 14.6 Å².